The molecule has 0 saturated heterocycles. The second-order valence-electron chi connectivity index (χ2n) is 4.08. The van der Waals surface area contributed by atoms with Crippen molar-refractivity contribution in [1.29, 1.82) is 0 Å². The molecule has 96 valence electrons. The Labute approximate surface area is 112 Å². The first-order valence-corrected chi connectivity index (χ1v) is 6.96. The fourth-order valence-electron chi connectivity index (χ4n) is 1.89. The summed E-state index contributed by atoms with van der Waals surface area (Å²) in [5, 5.41) is 3.56. The summed E-state index contributed by atoms with van der Waals surface area (Å²) in [6.45, 7) is 3.06. The molecule has 2 aromatic rings. The van der Waals surface area contributed by atoms with E-state index in [0.717, 1.165) is 18.7 Å². The Balaban J connectivity index is 1.98. The van der Waals surface area contributed by atoms with Crippen molar-refractivity contribution >= 4 is 11.3 Å². The molecular weight excluding hydrogens is 244 g/mol. The van der Waals surface area contributed by atoms with Gasteiger partial charge >= 0.3 is 0 Å². The third-order valence-corrected chi connectivity index (χ3v) is 3.71. The molecule has 0 spiro atoms. The molecule has 1 aromatic heterocycles. The Hall–Kier alpha value is -1.39. The number of rotatable bonds is 6. The number of hydrogen-bond acceptors (Lipinski definition) is 4. The van der Waals surface area contributed by atoms with Crippen molar-refractivity contribution in [2.75, 3.05) is 7.11 Å². The first-order chi connectivity index (χ1) is 8.83. The van der Waals surface area contributed by atoms with Crippen molar-refractivity contribution in [3.05, 3.63) is 46.4 Å². The molecule has 1 unspecified atom stereocenters. The van der Waals surface area contributed by atoms with Gasteiger partial charge in [0.05, 0.1) is 12.6 Å². The van der Waals surface area contributed by atoms with Crippen molar-refractivity contribution in [3.63, 3.8) is 0 Å². The topological polar surface area (TPSA) is 34.2 Å². The summed E-state index contributed by atoms with van der Waals surface area (Å²) >= 11 is 1.68. The van der Waals surface area contributed by atoms with Crippen LogP contribution in [-0.2, 0) is 6.54 Å². The lowest BCUT2D eigenvalue weighted by Gasteiger charge is -2.17. The number of aromatic nitrogens is 1. The highest BCUT2D eigenvalue weighted by Gasteiger charge is 2.09. The van der Waals surface area contributed by atoms with Gasteiger partial charge in [0.2, 0.25) is 0 Å². The van der Waals surface area contributed by atoms with Gasteiger partial charge in [-0.15, -0.1) is 11.3 Å². The first kappa shape index (κ1) is 13.1. The van der Waals surface area contributed by atoms with Crippen LogP contribution >= 0.6 is 11.3 Å². The quantitative estimate of drug-likeness (QED) is 0.866. The fourth-order valence-corrected chi connectivity index (χ4v) is 2.43. The Morgan fingerprint density at radius 1 is 1.33 bits per heavy atom. The number of nitrogens with one attached hydrogen (secondary N) is 1. The fraction of sp³-hybridized carbons (Fsp3) is 0.357. The number of nitrogens with zero attached hydrogens (tertiary/aromatic N) is 1. The predicted octanol–water partition coefficient (Wildman–Crippen LogP) is 3.39. The van der Waals surface area contributed by atoms with Crippen molar-refractivity contribution < 1.29 is 4.74 Å². The Morgan fingerprint density at radius 3 is 2.67 bits per heavy atom. The highest BCUT2D eigenvalue weighted by atomic mass is 32.1. The van der Waals surface area contributed by atoms with E-state index in [1.165, 1.54) is 10.4 Å². The summed E-state index contributed by atoms with van der Waals surface area (Å²) in [5.74, 6) is 0.899. The van der Waals surface area contributed by atoms with Crippen molar-refractivity contribution in [3.8, 4) is 5.75 Å². The number of ether oxygens (including phenoxy) is 1. The van der Waals surface area contributed by atoms with Gasteiger partial charge < -0.3 is 10.1 Å². The molecule has 2 rings (SSSR count). The first-order valence-electron chi connectivity index (χ1n) is 6.08. The lowest BCUT2D eigenvalue weighted by atomic mass is 10.0. The molecule has 1 aromatic carbocycles. The second-order valence-corrected chi connectivity index (χ2v) is 5.05. The minimum absolute atomic E-state index is 0.373. The number of thiazole rings is 1. The molecule has 4 heteroatoms. The standard InChI is InChI=1S/C14H18N2OS/c1-3-14(16-9-13-8-15-10-18-13)11-4-6-12(17-2)7-5-11/h4-8,10,14,16H,3,9H2,1-2H3. The van der Waals surface area contributed by atoms with Crippen molar-refractivity contribution in [1.82, 2.24) is 10.3 Å². The molecule has 0 aliphatic heterocycles. The highest BCUT2D eigenvalue weighted by molar-refractivity contribution is 7.09. The van der Waals surface area contributed by atoms with Crippen molar-refractivity contribution in [2.45, 2.75) is 25.9 Å². The van der Waals surface area contributed by atoms with Gasteiger partial charge in [-0.1, -0.05) is 19.1 Å². The maximum atomic E-state index is 5.17. The van der Waals surface area contributed by atoms with Crippen LogP contribution in [0.15, 0.2) is 36.0 Å². The molecule has 1 N–H and O–H groups in total. The number of hydrogen-bond donors (Lipinski definition) is 1. The van der Waals surface area contributed by atoms with E-state index in [2.05, 4.69) is 29.4 Å². The maximum absolute atomic E-state index is 5.17. The van der Waals surface area contributed by atoms with Gasteiger partial charge in [0.15, 0.2) is 0 Å². The molecule has 1 heterocycles. The van der Waals surface area contributed by atoms with E-state index in [4.69, 9.17) is 4.74 Å². The molecule has 1 atom stereocenters. The Kier molecular flexibility index (Phi) is 4.73. The van der Waals surface area contributed by atoms with Gasteiger partial charge in [-0.2, -0.15) is 0 Å². The molecule has 0 bridgehead atoms. The summed E-state index contributed by atoms with van der Waals surface area (Å²) in [6.07, 6.45) is 2.98. The largest absolute Gasteiger partial charge is 0.497 e. The average Bonchev–Trinajstić information content (AvgIpc) is 2.93. The zero-order chi connectivity index (χ0) is 12.8. The summed E-state index contributed by atoms with van der Waals surface area (Å²) < 4.78 is 5.17. The molecule has 0 aliphatic rings. The summed E-state index contributed by atoms with van der Waals surface area (Å²) in [4.78, 5) is 5.35. The summed E-state index contributed by atoms with van der Waals surface area (Å²) in [5.41, 5.74) is 3.16. The lowest BCUT2D eigenvalue weighted by Crippen LogP contribution is -2.19. The van der Waals surface area contributed by atoms with Gasteiger partial charge in [-0.3, -0.25) is 4.98 Å². The summed E-state index contributed by atoms with van der Waals surface area (Å²) in [6, 6.07) is 8.62. The van der Waals surface area contributed by atoms with Crippen LogP contribution in [0.1, 0.15) is 29.8 Å². The van der Waals surface area contributed by atoms with Crippen LogP contribution in [0.2, 0.25) is 0 Å². The minimum Gasteiger partial charge on any atom is -0.497 e. The zero-order valence-corrected chi connectivity index (χ0v) is 11.5. The van der Waals surface area contributed by atoms with Crippen LogP contribution in [0.4, 0.5) is 0 Å². The molecular formula is C14H18N2OS. The van der Waals surface area contributed by atoms with Gasteiger partial charge in [-0.25, -0.2) is 0 Å². The zero-order valence-electron chi connectivity index (χ0n) is 10.7. The molecule has 0 radical (unpaired) electrons. The molecule has 18 heavy (non-hydrogen) atoms. The van der Waals surface area contributed by atoms with Gasteiger partial charge in [-0.05, 0) is 24.1 Å². The van der Waals surface area contributed by atoms with E-state index in [1.807, 2.05) is 23.8 Å². The third-order valence-electron chi connectivity index (χ3n) is 2.93. The van der Waals surface area contributed by atoms with E-state index in [9.17, 15) is 0 Å². The van der Waals surface area contributed by atoms with Crippen molar-refractivity contribution in [2.24, 2.45) is 0 Å². The monoisotopic (exact) mass is 262 g/mol. The Morgan fingerprint density at radius 2 is 2.11 bits per heavy atom. The van der Waals surface area contributed by atoms with E-state index < -0.39 is 0 Å². The second kappa shape index (κ2) is 6.52. The van der Waals surface area contributed by atoms with Gasteiger partial charge in [0.1, 0.15) is 5.75 Å². The van der Waals surface area contributed by atoms with Crippen LogP contribution in [0.3, 0.4) is 0 Å². The van der Waals surface area contributed by atoms with E-state index in [-0.39, 0.29) is 0 Å². The van der Waals surface area contributed by atoms with Crippen LogP contribution in [0, 0.1) is 0 Å². The lowest BCUT2D eigenvalue weighted by molar-refractivity contribution is 0.414. The number of benzene rings is 1. The van der Waals surface area contributed by atoms with Crippen LogP contribution in [-0.4, -0.2) is 12.1 Å². The molecule has 3 nitrogen and oxygen atoms in total. The molecule has 0 fully saturated rings. The van der Waals surface area contributed by atoms with E-state index in [1.54, 1.807) is 18.4 Å². The third kappa shape index (κ3) is 3.31. The Bertz CT molecular complexity index is 453. The molecule has 0 saturated carbocycles. The average molecular weight is 262 g/mol. The highest BCUT2D eigenvalue weighted by Crippen LogP contribution is 2.20. The number of methoxy groups -OCH3 is 1. The summed E-state index contributed by atoms with van der Waals surface area (Å²) in [7, 11) is 1.69. The smallest absolute Gasteiger partial charge is 0.118 e. The van der Waals surface area contributed by atoms with E-state index >= 15 is 0 Å². The maximum Gasteiger partial charge on any atom is 0.118 e. The molecule has 0 amide bonds. The minimum atomic E-state index is 0.373. The normalized spacial score (nSPS) is 12.3. The van der Waals surface area contributed by atoms with E-state index in [0.29, 0.717) is 6.04 Å². The van der Waals surface area contributed by atoms with Crippen LogP contribution < -0.4 is 10.1 Å². The SMILES string of the molecule is CCC(NCc1cncs1)c1ccc(OC)cc1. The molecule has 0 aliphatic carbocycles. The van der Waals surface area contributed by atoms with Crippen LogP contribution in [0.5, 0.6) is 5.75 Å². The van der Waals surface area contributed by atoms with Gasteiger partial charge in [0, 0.05) is 23.7 Å². The van der Waals surface area contributed by atoms with Crippen LogP contribution in [0.25, 0.3) is 0 Å². The predicted molar refractivity (Wildman–Crippen MR) is 75.0 cm³/mol. The van der Waals surface area contributed by atoms with Gasteiger partial charge in [0.25, 0.3) is 0 Å².